The zero-order valence-corrected chi connectivity index (χ0v) is 14.4. The van der Waals surface area contributed by atoms with Gasteiger partial charge in [-0.1, -0.05) is 32.9 Å². The lowest BCUT2D eigenvalue weighted by molar-refractivity contribution is -0.136. The number of ketones is 1. The van der Waals surface area contributed by atoms with E-state index in [1.165, 1.54) is 12.3 Å². The zero-order valence-electron chi connectivity index (χ0n) is 14.4. The third kappa shape index (κ3) is 5.04. The summed E-state index contributed by atoms with van der Waals surface area (Å²) in [5.74, 6) is -1.05. The smallest absolute Gasteiger partial charge is 0.303 e. The van der Waals surface area contributed by atoms with Crippen LogP contribution in [0.4, 0.5) is 0 Å². The number of nitrogens with zero attached hydrogens (tertiary/aromatic N) is 1. The van der Waals surface area contributed by atoms with Gasteiger partial charge in [-0.2, -0.15) is 0 Å². The second-order valence-electron chi connectivity index (χ2n) is 6.74. The first-order valence-electron chi connectivity index (χ1n) is 7.89. The predicted molar refractivity (Wildman–Crippen MR) is 92.3 cm³/mol. The summed E-state index contributed by atoms with van der Waals surface area (Å²) >= 11 is 0. The van der Waals surface area contributed by atoms with Gasteiger partial charge in [-0.25, -0.2) is 4.98 Å². The molecule has 6 nitrogen and oxygen atoms in total. The maximum Gasteiger partial charge on any atom is 0.303 e. The third-order valence-corrected chi connectivity index (χ3v) is 3.61. The summed E-state index contributed by atoms with van der Waals surface area (Å²) in [6, 6.07) is 8.88. The highest BCUT2D eigenvalue weighted by molar-refractivity contribution is 5.98. The number of carboxylic acids is 1. The molecule has 0 amide bonds. The van der Waals surface area contributed by atoms with Crippen LogP contribution in [0.1, 0.15) is 49.7 Å². The summed E-state index contributed by atoms with van der Waals surface area (Å²) in [5, 5.41) is 18.6. The lowest BCUT2D eigenvalue weighted by Crippen LogP contribution is -2.10. The number of rotatable bonds is 6. The number of carbonyl (C=O) groups excluding carboxylic acids is 1. The normalized spacial score (nSPS) is 11.2. The molecule has 2 N–H and O–H groups in total. The van der Waals surface area contributed by atoms with Gasteiger partial charge in [-0.3, -0.25) is 9.59 Å². The number of benzene rings is 1. The highest BCUT2D eigenvalue weighted by Crippen LogP contribution is 2.30. The molecule has 0 aliphatic rings. The quantitative estimate of drug-likeness (QED) is 0.772. The number of carboxylic acid groups (broad SMARTS) is 1. The number of carbonyl (C=O) groups is 2. The fraction of sp³-hybridized carbons (Fsp3) is 0.316. The first-order valence-corrected chi connectivity index (χ1v) is 7.89. The van der Waals surface area contributed by atoms with E-state index >= 15 is 0 Å². The molecule has 25 heavy (non-hydrogen) atoms. The average molecular weight is 343 g/mol. The summed E-state index contributed by atoms with van der Waals surface area (Å²) < 4.78 is 5.70. The molecule has 0 fully saturated rings. The van der Waals surface area contributed by atoms with Crippen LogP contribution in [0.5, 0.6) is 17.2 Å². The zero-order chi connectivity index (χ0) is 18.6. The molecular weight excluding hydrogens is 322 g/mol. The Balaban J connectivity index is 2.16. The first kappa shape index (κ1) is 18.4. The standard InChI is InChI=1S/C19H21NO5/c1-19(2,3)12-5-4-6-13(9-12)25-14-10-16(22)18(20-11-14)15(21)7-8-17(23)24/h4-6,9-11,22H,7-8H2,1-3H3,(H,23,24). The van der Waals surface area contributed by atoms with E-state index in [2.05, 4.69) is 25.8 Å². The van der Waals surface area contributed by atoms with Crippen LogP contribution in [0, 0.1) is 0 Å². The Labute approximate surface area is 146 Å². The number of hydrogen-bond donors (Lipinski definition) is 2. The average Bonchev–Trinajstić information content (AvgIpc) is 2.52. The maximum atomic E-state index is 11.9. The molecule has 0 aliphatic heterocycles. The Morgan fingerprint density at radius 2 is 1.84 bits per heavy atom. The number of hydrogen-bond acceptors (Lipinski definition) is 5. The van der Waals surface area contributed by atoms with Gasteiger partial charge in [0.05, 0.1) is 12.6 Å². The van der Waals surface area contributed by atoms with E-state index in [0.717, 1.165) is 5.56 Å². The van der Waals surface area contributed by atoms with E-state index in [-0.39, 0.29) is 29.7 Å². The van der Waals surface area contributed by atoms with E-state index in [4.69, 9.17) is 9.84 Å². The van der Waals surface area contributed by atoms with Gasteiger partial charge in [-0.05, 0) is 23.1 Å². The molecule has 0 bridgehead atoms. The molecule has 0 radical (unpaired) electrons. The van der Waals surface area contributed by atoms with E-state index < -0.39 is 11.8 Å². The molecule has 0 atom stereocenters. The van der Waals surface area contributed by atoms with Crippen molar-refractivity contribution in [2.75, 3.05) is 0 Å². The van der Waals surface area contributed by atoms with Crippen LogP contribution in [-0.4, -0.2) is 26.9 Å². The Hall–Kier alpha value is -2.89. The molecule has 2 rings (SSSR count). The van der Waals surface area contributed by atoms with Crippen molar-refractivity contribution in [1.82, 2.24) is 4.98 Å². The van der Waals surface area contributed by atoms with Crippen molar-refractivity contribution in [1.29, 1.82) is 0 Å². The minimum Gasteiger partial charge on any atom is -0.505 e. The Kier molecular flexibility index (Phi) is 5.41. The summed E-state index contributed by atoms with van der Waals surface area (Å²) in [7, 11) is 0. The second kappa shape index (κ2) is 7.34. The monoisotopic (exact) mass is 343 g/mol. The Morgan fingerprint density at radius 3 is 2.44 bits per heavy atom. The predicted octanol–water partition coefficient (Wildman–Crippen LogP) is 3.92. The van der Waals surface area contributed by atoms with Crippen molar-refractivity contribution in [3.63, 3.8) is 0 Å². The van der Waals surface area contributed by atoms with Crippen LogP contribution in [0.2, 0.25) is 0 Å². The molecule has 1 aromatic carbocycles. The third-order valence-electron chi connectivity index (χ3n) is 3.61. The minimum atomic E-state index is -1.08. The van der Waals surface area contributed by atoms with Crippen molar-refractivity contribution < 1.29 is 24.5 Å². The number of Topliss-reactive ketones (excluding diaryl/α,β-unsaturated/α-hetero) is 1. The van der Waals surface area contributed by atoms with Crippen LogP contribution in [0.25, 0.3) is 0 Å². The van der Waals surface area contributed by atoms with Gasteiger partial charge in [0, 0.05) is 12.5 Å². The SMILES string of the molecule is CC(C)(C)c1cccc(Oc2cnc(C(=O)CCC(=O)O)c(O)c2)c1. The number of aromatic nitrogens is 1. The summed E-state index contributed by atoms with van der Waals surface area (Å²) in [6.07, 6.45) is 0.805. The van der Waals surface area contributed by atoms with Crippen LogP contribution < -0.4 is 4.74 Å². The Bertz CT molecular complexity index is 793. The lowest BCUT2D eigenvalue weighted by atomic mass is 9.87. The van der Waals surface area contributed by atoms with Gasteiger partial charge in [0.2, 0.25) is 0 Å². The highest BCUT2D eigenvalue weighted by atomic mass is 16.5. The minimum absolute atomic E-state index is 0.0276. The number of ether oxygens (including phenoxy) is 1. The van der Waals surface area contributed by atoms with Crippen molar-refractivity contribution in [2.45, 2.75) is 39.0 Å². The molecule has 6 heteroatoms. The highest BCUT2D eigenvalue weighted by Gasteiger charge is 2.17. The van der Waals surface area contributed by atoms with Gasteiger partial charge in [0.25, 0.3) is 0 Å². The second-order valence-corrected chi connectivity index (χ2v) is 6.74. The number of pyridine rings is 1. The van der Waals surface area contributed by atoms with Crippen molar-refractivity contribution in [3.05, 3.63) is 47.8 Å². The fourth-order valence-electron chi connectivity index (χ4n) is 2.21. The molecule has 0 aliphatic carbocycles. The lowest BCUT2D eigenvalue weighted by Gasteiger charge is -2.19. The first-order chi connectivity index (χ1) is 11.7. The van der Waals surface area contributed by atoms with Crippen LogP contribution >= 0.6 is 0 Å². The summed E-state index contributed by atoms with van der Waals surface area (Å²) in [6.45, 7) is 6.28. The maximum absolute atomic E-state index is 11.9. The summed E-state index contributed by atoms with van der Waals surface area (Å²) in [4.78, 5) is 26.3. The van der Waals surface area contributed by atoms with Crippen molar-refractivity contribution >= 4 is 11.8 Å². The van der Waals surface area contributed by atoms with Gasteiger partial charge in [0.1, 0.15) is 22.9 Å². The molecule has 1 heterocycles. The van der Waals surface area contributed by atoms with Gasteiger partial charge in [0.15, 0.2) is 5.78 Å². The van der Waals surface area contributed by atoms with Crippen LogP contribution in [-0.2, 0) is 10.2 Å². The molecule has 1 aromatic heterocycles. The van der Waals surface area contributed by atoms with E-state index in [9.17, 15) is 14.7 Å². The van der Waals surface area contributed by atoms with E-state index in [1.807, 2.05) is 18.2 Å². The molecule has 0 unspecified atom stereocenters. The van der Waals surface area contributed by atoms with E-state index in [0.29, 0.717) is 11.5 Å². The van der Waals surface area contributed by atoms with Crippen LogP contribution in [0.3, 0.4) is 0 Å². The molecule has 0 saturated heterocycles. The van der Waals surface area contributed by atoms with Gasteiger partial charge < -0.3 is 14.9 Å². The van der Waals surface area contributed by atoms with Crippen LogP contribution in [0.15, 0.2) is 36.5 Å². The largest absolute Gasteiger partial charge is 0.505 e. The summed E-state index contributed by atoms with van der Waals surface area (Å²) in [5.41, 5.74) is 0.917. The molecule has 132 valence electrons. The van der Waals surface area contributed by atoms with Crippen molar-refractivity contribution in [3.8, 4) is 17.2 Å². The molecular formula is C19H21NO5. The van der Waals surface area contributed by atoms with E-state index in [1.54, 1.807) is 6.07 Å². The Morgan fingerprint density at radius 1 is 1.12 bits per heavy atom. The molecule has 2 aromatic rings. The topological polar surface area (TPSA) is 96.7 Å². The van der Waals surface area contributed by atoms with Gasteiger partial charge in [-0.15, -0.1) is 0 Å². The van der Waals surface area contributed by atoms with Gasteiger partial charge >= 0.3 is 5.97 Å². The number of aliphatic carboxylic acids is 1. The van der Waals surface area contributed by atoms with Crippen molar-refractivity contribution in [2.24, 2.45) is 0 Å². The fourth-order valence-corrected chi connectivity index (χ4v) is 2.21. The molecule has 0 saturated carbocycles. The number of aromatic hydroxyl groups is 1. The molecule has 0 spiro atoms.